The fourth-order valence-corrected chi connectivity index (χ4v) is 3.25. The molecule has 3 aromatic carbocycles. The molecule has 0 fully saturated rings. The zero-order valence-corrected chi connectivity index (χ0v) is 15.9. The van der Waals surface area contributed by atoms with Crippen molar-refractivity contribution in [3.8, 4) is 0 Å². The Morgan fingerprint density at radius 3 is 2.07 bits per heavy atom. The first-order valence-electron chi connectivity index (χ1n) is 8.82. The van der Waals surface area contributed by atoms with Crippen molar-refractivity contribution in [2.45, 2.75) is 6.92 Å². The number of anilines is 2. The maximum Gasteiger partial charge on any atom is 0.282 e. The standard InChI is InChI=1S/C23H17ClN2O2/c1-15-7-9-16(10-8-15)20-21(25-18-5-3-2-4-6-18)23(28)26(22(20)27)19-13-11-17(24)12-14-19/h2-14,25H,1H3. The van der Waals surface area contributed by atoms with Crippen molar-refractivity contribution in [2.24, 2.45) is 0 Å². The van der Waals surface area contributed by atoms with Crippen molar-refractivity contribution < 1.29 is 9.59 Å². The van der Waals surface area contributed by atoms with Gasteiger partial charge in [0.25, 0.3) is 11.8 Å². The highest BCUT2D eigenvalue weighted by molar-refractivity contribution is 6.46. The molecule has 0 radical (unpaired) electrons. The van der Waals surface area contributed by atoms with E-state index in [0.717, 1.165) is 11.3 Å². The molecule has 0 aliphatic carbocycles. The summed E-state index contributed by atoms with van der Waals surface area (Å²) in [5, 5.41) is 3.68. The van der Waals surface area contributed by atoms with Crippen LogP contribution in [0.3, 0.4) is 0 Å². The smallest absolute Gasteiger partial charge is 0.282 e. The third-order valence-corrected chi connectivity index (χ3v) is 4.80. The number of aryl methyl sites for hydroxylation is 1. The molecule has 0 spiro atoms. The monoisotopic (exact) mass is 388 g/mol. The van der Waals surface area contributed by atoms with Gasteiger partial charge in [-0.05, 0) is 48.9 Å². The van der Waals surface area contributed by atoms with Crippen molar-refractivity contribution in [1.82, 2.24) is 0 Å². The highest BCUT2D eigenvalue weighted by atomic mass is 35.5. The minimum absolute atomic E-state index is 0.259. The largest absolute Gasteiger partial charge is 0.350 e. The summed E-state index contributed by atoms with van der Waals surface area (Å²) >= 11 is 5.96. The maximum atomic E-state index is 13.3. The van der Waals surface area contributed by atoms with Crippen LogP contribution in [-0.4, -0.2) is 11.8 Å². The molecule has 1 aliphatic rings. The number of halogens is 1. The van der Waals surface area contributed by atoms with Gasteiger partial charge in [-0.25, -0.2) is 4.90 Å². The Morgan fingerprint density at radius 1 is 0.786 bits per heavy atom. The van der Waals surface area contributed by atoms with Crippen LogP contribution < -0.4 is 10.2 Å². The lowest BCUT2D eigenvalue weighted by Crippen LogP contribution is -2.32. The number of imide groups is 1. The normalized spacial score (nSPS) is 14.0. The van der Waals surface area contributed by atoms with Crippen LogP contribution in [0.25, 0.3) is 5.57 Å². The molecule has 4 nitrogen and oxygen atoms in total. The van der Waals surface area contributed by atoms with Crippen LogP contribution in [0, 0.1) is 6.92 Å². The van der Waals surface area contributed by atoms with Crippen molar-refractivity contribution in [2.75, 3.05) is 10.2 Å². The molecule has 2 amide bonds. The van der Waals surface area contributed by atoms with Crippen LogP contribution in [0.2, 0.25) is 5.02 Å². The van der Waals surface area contributed by atoms with Gasteiger partial charge in [-0.3, -0.25) is 9.59 Å². The molecule has 0 unspecified atom stereocenters. The number of amides is 2. The zero-order chi connectivity index (χ0) is 19.7. The van der Waals surface area contributed by atoms with E-state index in [1.54, 1.807) is 24.3 Å². The highest BCUT2D eigenvalue weighted by Gasteiger charge is 2.40. The first-order chi connectivity index (χ1) is 13.5. The number of nitrogens with one attached hydrogen (secondary N) is 1. The Bertz CT molecular complexity index is 1070. The van der Waals surface area contributed by atoms with Crippen molar-refractivity contribution >= 4 is 40.4 Å². The van der Waals surface area contributed by atoms with E-state index in [0.29, 0.717) is 21.8 Å². The molecule has 3 aromatic rings. The lowest BCUT2D eigenvalue weighted by Gasteiger charge is -2.15. The third-order valence-electron chi connectivity index (χ3n) is 4.55. The molecule has 0 bridgehead atoms. The van der Waals surface area contributed by atoms with Crippen molar-refractivity contribution in [3.63, 3.8) is 0 Å². The Balaban J connectivity index is 1.81. The van der Waals surface area contributed by atoms with E-state index in [-0.39, 0.29) is 11.6 Å². The summed E-state index contributed by atoms with van der Waals surface area (Å²) in [5.41, 5.74) is 3.60. The molecule has 1 N–H and O–H groups in total. The molecule has 138 valence electrons. The molecule has 28 heavy (non-hydrogen) atoms. The minimum atomic E-state index is -0.397. The van der Waals surface area contributed by atoms with Gasteiger partial charge in [-0.2, -0.15) is 0 Å². The molecule has 0 saturated heterocycles. The highest BCUT2D eigenvalue weighted by Crippen LogP contribution is 2.34. The molecule has 1 heterocycles. The van der Waals surface area contributed by atoms with Gasteiger partial charge >= 0.3 is 0 Å². The molecule has 4 rings (SSSR count). The van der Waals surface area contributed by atoms with Crippen LogP contribution in [-0.2, 0) is 9.59 Å². The topological polar surface area (TPSA) is 49.4 Å². The molecule has 0 aromatic heterocycles. The van der Waals surface area contributed by atoms with E-state index in [9.17, 15) is 9.59 Å². The molecule has 0 atom stereocenters. The van der Waals surface area contributed by atoms with Gasteiger partial charge < -0.3 is 5.32 Å². The van der Waals surface area contributed by atoms with E-state index < -0.39 is 5.91 Å². The minimum Gasteiger partial charge on any atom is -0.350 e. The zero-order valence-electron chi connectivity index (χ0n) is 15.1. The van der Waals surface area contributed by atoms with Gasteiger partial charge in [0.15, 0.2) is 0 Å². The predicted octanol–water partition coefficient (Wildman–Crippen LogP) is 5.05. The number of rotatable bonds is 4. The number of hydrogen-bond donors (Lipinski definition) is 1. The molecular formula is C23H17ClN2O2. The van der Waals surface area contributed by atoms with Gasteiger partial charge in [-0.15, -0.1) is 0 Å². The van der Waals surface area contributed by atoms with Crippen LogP contribution in [0.1, 0.15) is 11.1 Å². The molecular weight excluding hydrogens is 372 g/mol. The van der Waals surface area contributed by atoms with Crippen molar-refractivity contribution in [3.05, 3.63) is 101 Å². The van der Waals surface area contributed by atoms with Gasteiger partial charge in [0.1, 0.15) is 5.70 Å². The Hall–Kier alpha value is -3.37. The number of benzene rings is 3. The fourth-order valence-electron chi connectivity index (χ4n) is 3.12. The second kappa shape index (κ2) is 7.33. The van der Waals surface area contributed by atoms with Gasteiger partial charge in [-0.1, -0.05) is 59.6 Å². The maximum absolute atomic E-state index is 13.3. The lowest BCUT2D eigenvalue weighted by molar-refractivity contribution is -0.120. The van der Waals surface area contributed by atoms with Crippen molar-refractivity contribution in [1.29, 1.82) is 0 Å². The summed E-state index contributed by atoms with van der Waals surface area (Å²) in [7, 11) is 0. The van der Waals surface area contributed by atoms with E-state index in [2.05, 4.69) is 5.32 Å². The van der Waals surface area contributed by atoms with Crippen LogP contribution in [0.5, 0.6) is 0 Å². The fraction of sp³-hybridized carbons (Fsp3) is 0.0435. The number of carbonyl (C=O) groups is 2. The van der Waals surface area contributed by atoms with E-state index in [1.165, 1.54) is 4.90 Å². The van der Waals surface area contributed by atoms with E-state index in [4.69, 9.17) is 11.6 Å². The van der Waals surface area contributed by atoms with Gasteiger partial charge in [0.05, 0.1) is 11.3 Å². The molecule has 1 aliphatic heterocycles. The molecule has 0 saturated carbocycles. The van der Waals surface area contributed by atoms with Crippen LogP contribution in [0.4, 0.5) is 11.4 Å². The lowest BCUT2D eigenvalue weighted by atomic mass is 10.0. The average molecular weight is 389 g/mol. The summed E-state index contributed by atoms with van der Waals surface area (Å²) in [4.78, 5) is 27.6. The van der Waals surface area contributed by atoms with Gasteiger partial charge in [0.2, 0.25) is 0 Å². The van der Waals surface area contributed by atoms with E-state index in [1.807, 2.05) is 61.5 Å². The SMILES string of the molecule is Cc1ccc(C2=C(Nc3ccccc3)C(=O)N(c3ccc(Cl)cc3)C2=O)cc1. The number of para-hydroxylation sites is 1. The third kappa shape index (κ3) is 3.30. The summed E-state index contributed by atoms with van der Waals surface area (Å²) in [6.07, 6.45) is 0. The summed E-state index contributed by atoms with van der Waals surface area (Å²) in [5.74, 6) is -0.763. The second-order valence-electron chi connectivity index (χ2n) is 6.53. The van der Waals surface area contributed by atoms with E-state index >= 15 is 0 Å². The number of nitrogens with zero attached hydrogens (tertiary/aromatic N) is 1. The average Bonchev–Trinajstić information content (AvgIpc) is 2.94. The Morgan fingerprint density at radius 2 is 1.43 bits per heavy atom. The Labute approximate surface area is 168 Å². The van der Waals surface area contributed by atoms with Crippen LogP contribution >= 0.6 is 11.6 Å². The first-order valence-corrected chi connectivity index (χ1v) is 9.20. The predicted molar refractivity (Wildman–Crippen MR) is 112 cm³/mol. The molecule has 5 heteroatoms. The number of carbonyl (C=O) groups excluding carboxylic acids is 2. The summed E-state index contributed by atoms with van der Waals surface area (Å²) in [6.45, 7) is 1.98. The Kier molecular flexibility index (Phi) is 4.72. The summed E-state index contributed by atoms with van der Waals surface area (Å²) in [6, 6.07) is 23.5. The first kappa shape index (κ1) is 18.0. The quantitative estimate of drug-likeness (QED) is 0.636. The number of hydrogen-bond acceptors (Lipinski definition) is 3. The van der Waals surface area contributed by atoms with Gasteiger partial charge in [0, 0.05) is 10.7 Å². The second-order valence-corrected chi connectivity index (χ2v) is 6.97. The van der Waals surface area contributed by atoms with Crippen LogP contribution in [0.15, 0.2) is 84.6 Å². The summed E-state index contributed by atoms with van der Waals surface area (Å²) < 4.78 is 0.